The van der Waals surface area contributed by atoms with Crippen LogP contribution in [0.15, 0.2) is 69.0 Å². The van der Waals surface area contributed by atoms with Gasteiger partial charge in [-0.05, 0) is 25.1 Å². The van der Waals surface area contributed by atoms with Crippen LogP contribution in [0.1, 0.15) is 40.3 Å². The molecular formula is C25H20BrF2N7O2S. The highest BCUT2D eigenvalue weighted by atomic mass is 79.9. The molecule has 1 saturated heterocycles. The molecule has 0 aliphatic carbocycles. The highest BCUT2D eigenvalue weighted by Crippen LogP contribution is 2.38. The number of aromatic amines is 1. The number of amides is 1. The zero-order valence-electron chi connectivity index (χ0n) is 19.9. The molecule has 0 bridgehead atoms. The Balaban J connectivity index is 1.20. The number of aromatic nitrogens is 6. The summed E-state index contributed by atoms with van der Waals surface area (Å²) in [6.45, 7) is 1.36. The number of nitrogens with zero attached hydrogens (tertiary/aromatic N) is 6. The fourth-order valence-electron chi connectivity index (χ4n) is 4.48. The fraction of sp³-hybridized carbons (Fsp3) is 0.240. The van der Waals surface area contributed by atoms with Gasteiger partial charge in [-0.1, -0.05) is 57.2 Å². The summed E-state index contributed by atoms with van der Waals surface area (Å²) in [7, 11) is 0. The average molecular weight is 600 g/mol. The Morgan fingerprint density at radius 2 is 2.11 bits per heavy atom. The minimum Gasteiger partial charge on any atom is -0.451 e. The first kappa shape index (κ1) is 24.7. The molecule has 0 spiro atoms. The van der Waals surface area contributed by atoms with Crippen molar-refractivity contribution in [1.29, 1.82) is 0 Å². The number of fused-ring (bicyclic) bond motifs is 1. The first-order valence-corrected chi connectivity index (χ1v) is 13.4. The van der Waals surface area contributed by atoms with Crippen molar-refractivity contribution in [2.75, 3.05) is 13.1 Å². The minimum absolute atomic E-state index is 0.0941. The van der Waals surface area contributed by atoms with E-state index in [-0.39, 0.29) is 24.5 Å². The number of hydrogen-bond donors (Lipinski definition) is 1. The normalized spacial score (nSPS) is 15.5. The van der Waals surface area contributed by atoms with Gasteiger partial charge in [0.15, 0.2) is 16.6 Å². The van der Waals surface area contributed by atoms with E-state index in [1.54, 1.807) is 25.1 Å². The highest BCUT2D eigenvalue weighted by Gasteiger charge is 2.50. The summed E-state index contributed by atoms with van der Waals surface area (Å²) >= 11 is 4.63. The van der Waals surface area contributed by atoms with Crippen molar-refractivity contribution in [3.8, 4) is 0 Å². The van der Waals surface area contributed by atoms with Gasteiger partial charge in [0.2, 0.25) is 0 Å². The molecule has 38 heavy (non-hydrogen) atoms. The third-order valence-corrected chi connectivity index (χ3v) is 7.98. The van der Waals surface area contributed by atoms with Crippen LogP contribution in [-0.2, 0) is 11.4 Å². The third kappa shape index (κ3) is 4.39. The number of carbonyl (C=O) groups excluding carboxylic acids is 1. The van der Waals surface area contributed by atoms with Crippen LogP contribution in [-0.4, -0.2) is 54.1 Å². The standard InChI is InChI=1S/C25H20BrF2N7O2S/c1-14(16-7-6-15(26)8-19(16)27)35-9-21(31-33-35)25(28)11-34(12-25)23(36)22-18(10-38-24-29-13-30-32-24)17-4-2-3-5-20(17)37-22/h2-9,13-14H,10-12H2,1H3,(H,29,30,32)/t14-/m0/s1. The maximum absolute atomic E-state index is 15.8. The Labute approximate surface area is 227 Å². The van der Waals surface area contributed by atoms with Gasteiger partial charge in [-0.15, -0.1) is 5.10 Å². The molecule has 9 nitrogen and oxygen atoms in total. The number of furan rings is 1. The summed E-state index contributed by atoms with van der Waals surface area (Å²) in [4.78, 5) is 18.9. The lowest BCUT2D eigenvalue weighted by molar-refractivity contribution is -0.0273. The van der Waals surface area contributed by atoms with Crippen molar-refractivity contribution >= 4 is 44.6 Å². The molecule has 6 rings (SSSR count). The Kier molecular flexibility index (Phi) is 6.26. The third-order valence-electron chi connectivity index (χ3n) is 6.59. The first-order valence-electron chi connectivity index (χ1n) is 11.7. The van der Waals surface area contributed by atoms with Gasteiger partial charge in [-0.25, -0.2) is 18.4 Å². The summed E-state index contributed by atoms with van der Waals surface area (Å²) in [5.41, 5.74) is -0.0832. The number of halogens is 3. The molecular weight excluding hydrogens is 580 g/mol. The Hall–Kier alpha value is -3.58. The Bertz CT molecular complexity index is 1630. The summed E-state index contributed by atoms with van der Waals surface area (Å²) in [5, 5.41) is 16.1. The van der Waals surface area contributed by atoms with E-state index in [1.165, 1.54) is 39.9 Å². The van der Waals surface area contributed by atoms with E-state index in [1.807, 2.05) is 18.2 Å². The van der Waals surface area contributed by atoms with E-state index < -0.39 is 23.4 Å². The second-order valence-electron chi connectivity index (χ2n) is 9.04. The molecule has 4 heterocycles. The summed E-state index contributed by atoms with van der Waals surface area (Å²) in [5.74, 6) is -0.216. The number of rotatable bonds is 7. The zero-order chi connectivity index (χ0) is 26.4. The van der Waals surface area contributed by atoms with Gasteiger partial charge >= 0.3 is 0 Å². The van der Waals surface area contributed by atoms with Crippen LogP contribution in [0.2, 0.25) is 0 Å². The number of carbonyl (C=O) groups is 1. The first-order chi connectivity index (χ1) is 18.3. The fourth-order valence-corrected chi connectivity index (χ4v) is 5.62. The number of benzene rings is 2. The summed E-state index contributed by atoms with van der Waals surface area (Å²) in [6, 6.07) is 11.6. The van der Waals surface area contributed by atoms with E-state index in [0.717, 1.165) is 5.39 Å². The summed E-state index contributed by atoms with van der Waals surface area (Å²) < 4.78 is 38.2. The number of hydrogen-bond acceptors (Lipinski definition) is 7. The molecule has 13 heteroatoms. The van der Waals surface area contributed by atoms with Gasteiger partial charge in [0.1, 0.15) is 23.4 Å². The predicted molar refractivity (Wildman–Crippen MR) is 139 cm³/mol. The van der Waals surface area contributed by atoms with Crippen molar-refractivity contribution in [3.63, 3.8) is 0 Å². The second-order valence-corrected chi connectivity index (χ2v) is 10.9. The number of alkyl halides is 1. The van der Waals surface area contributed by atoms with Crippen LogP contribution in [0.25, 0.3) is 11.0 Å². The monoisotopic (exact) mass is 599 g/mol. The molecule has 3 aromatic heterocycles. The number of likely N-dealkylation sites (tertiary alicyclic amines) is 1. The highest BCUT2D eigenvalue weighted by molar-refractivity contribution is 9.10. The zero-order valence-corrected chi connectivity index (χ0v) is 22.3. The van der Waals surface area contributed by atoms with Crippen molar-refractivity contribution in [2.45, 2.75) is 29.5 Å². The van der Waals surface area contributed by atoms with Gasteiger partial charge < -0.3 is 9.32 Å². The molecule has 1 fully saturated rings. The average Bonchev–Trinajstić information content (AvgIpc) is 3.65. The minimum atomic E-state index is -1.87. The molecule has 0 radical (unpaired) electrons. The van der Waals surface area contributed by atoms with Gasteiger partial charge in [0.25, 0.3) is 5.91 Å². The van der Waals surface area contributed by atoms with Crippen LogP contribution in [0.5, 0.6) is 0 Å². The van der Waals surface area contributed by atoms with Gasteiger partial charge in [0, 0.05) is 26.7 Å². The quantitative estimate of drug-likeness (QED) is 0.254. The van der Waals surface area contributed by atoms with Crippen LogP contribution in [0, 0.1) is 5.82 Å². The van der Waals surface area contributed by atoms with Crippen LogP contribution in [0.4, 0.5) is 8.78 Å². The Morgan fingerprint density at radius 3 is 2.87 bits per heavy atom. The van der Waals surface area contributed by atoms with Crippen molar-refractivity contribution in [1.82, 2.24) is 35.1 Å². The molecule has 1 atom stereocenters. The molecule has 2 aromatic carbocycles. The molecule has 0 unspecified atom stereocenters. The number of thioether (sulfide) groups is 1. The van der Waals surface area contributed by atoms with Crippen LogP contribution < -0.4 is 0 Å². The van der Waals surface area contributed by atoms with Crippen molar-refractivity contribution < 1.29 is 18.0 Å². The lowest BCUT2D eigenvalue weighted by Crippen LogP contribution is -2.59. The Morgan fingerprint density at radius 1 is 1.29 bits per heavy atom. The van der Waals surface area contributed by atoms with Crippen molar-refractivity contribution in [3.05, 3.63) is 87.9 Å². The number of para-hydroxylation sites is 1. The molecule has 5 aromatic rings. The maximum Gasteiger partial charge on any atom is 0.290 e. The van der Waals surface area contributed by atoms with E-state index >= 15 is 4.39 Å². The molecule has 0 saturated carbocycles. The number of nitrogens with one attached hydrogen (secondary N) is 1. The largest absolute Gasteiger partial charge is 0.451 e. The molecule has 1 amide bonds. The van der Waals surface area contributed by atoms with Gasteiger partial charge in [-0.3, -0.25) is 9.89 Å². The van der Waals surface area contributed by atoms with Crippen molar-refractivity contribution in [2.24, 2.45) is 0 Å². The lowest BCUT2D eigenvalue weighted by atomic mass is 9.92. The maximum atomic E-state index is 15.8. The molecule has 1 aliphatic rings. The summed E-state index contributed by atoms with van der Waals surface area (Å²) in [6.07, 6.45) is 2.88. The topological polar surface area (TPSA) is 106 Å². The SMILES string of the molecule is C[C@@H](c1ccc(Br)cc1F)n1cc(C2(F)CN(C(=O)c3oc4ccccc4c3CSc3ncn[nH]3)C2)nn1. The van der Waals surface area contributed by atoms with Crippen LogP contribution in [0.3, 0.4) is 0 Å². The van der Waals surface area contributed by atoms with E-state index in [4.69, 9.17) is 4.42 Å². The van der Waals surface area contributed by atoms with E-state index in [0.29, 0.717) is 32.1 Å². The molecule has 194 valence electrons. The molecule has 1 aliphatic heterocycles. The lowest BCUT2D eigenvalue weighted by Gasteiger charge is -2.42. The van der Waals surface area contributed by atoms with E-state index in [9.17, 15) is 9.18 Å². The predicted octanol–water partition coefficient (Wildman–Crippen LogP) is 5.27. The molecule has 1 N–H and O–H groups in total. The second kappa shape index (κ2) is 9.62. The van der Waals surface area contributed by atoms with E-state index in [2.05, 4.69) is 41.4 Å². The number of H-pyrrole nitrogens is 1. The van der Waals surface area contributed by atoms with Gasteiger partial charge in [0.05, 0.1) is 25.3 Å². The smallest absolute Gasteiger partial charge is 0.290 e. The van der Waals surface area contributed by atoms with Gasteiger partial charge in [-0.2, -0.15) is 5.10 Å². The van der Waals surface area contributed by atoms with Crippen LogP contribution >= 0.6 is 27.7 Å².